The second-order valence-corrected chi connectivity index (χ2v) is 8.85. The number of hydrogen-bond donors (Lipinski definition) is 3. The third-order valence-electron chi connectivity index (χ3n) is 3.61. The van der Waals surface area contributed by atoms with Crippen LogP contribution in [0.2, 0.25) is 0 Å². The molecule has 0 bridgehead atoms. The Morgan fingerprint density at radius 2 is 1.93 bits per heavy atom. The van der Waals surface area contributed by atoms with E-state index in [4.69, 9.17) is 4.74 Å². The molecule has 0 saturated heterocycles. The van der Waals surface area contributed by atoms with Crippen molar-refractivity contribution in [1.29, 1.82) is 0 Å². The van der Waals surface area contributed by atoms with Crippen molar-refractivity contribution in [3.8, 4) is 11.3 Å². The lowest BCUT2D eigenvalue weighted by atomic mass is 10.1. The fourth-order valence-corrected chi connectivity index (χ4v) is 3.11. The molecule has 0 spiro atoms. The second-order valence-electron chi connectivity index (χ2n) is 7.93. The molecule has 0 aliphatic carbocycles. The van der Waals surface area contributed by atoms with Crippen LogP contribution in [-0.4, -0.2) is 38.4 Å². The number of ether oxygens (including phenoxy) is 1. The van der Waals surface area contributed by atoms with E-state index in [1.165, 1.54) is 6.20 Å². The number of amides is 1. The standard InChI is InChI=1S/C20H25BrN4O5/c1-11(2)23-17-18(28)25(10-16(26)27)15(9-22-17)12-6-13(21)8-14(7-12)24-19(29)30-20(3,4)5/h6-9,11H,10H2,1-5H3,(H,22,23)(H,24,29)(H,26,27). The van der Waals surface area contributed by atoms with Crippen LogP contribution in [0.5, 0.6) is 0 Å². The predicted octanol–water partition coefficient (Wildman–Crippen LogP) is 3.92. The van der Waals surface area contributed by atoms with E-state index in [1.807, 2.05) is 13.8 Å². The molecule has 9 nitrogen and oxygen atoms in total. The summed E-state index contributed by atoms with van der Waals surface area (Å²) >= 11 is 3.37. The quantitative estimate of drug-likeness (QED) is 0.572. The highest BCUT2D eigenvalue weighted by molar-refractivity contribution is 9.10. The molecule has 1 amide bonds. The molecule has 0 atom stereocenters. The van der Waals surface area contributed by atoms with Crippen LogP contribution in [0.1, 0.15) is 34.6 Å². The zero-order chi connectivity index (χ0) is 22.6. The number of aliphatic carboxylic acids is 1. The number of carboxylic acids is 1. The summed E-state index contributed by atoms with van der Waals surface area (Å²) in [6.07, 6.45) is 0.790. The lowest BCUT2D eigenvalue weighted by molar-refractivity contribution is -0.137. The highest BCUT2D eigenvalue weighted by Gasteiger charge is 2.18. The van der Waals surface area contributed by atoms with Crippen LogP contribution >= 0.6 is 15.9 Å². The third kappa shape index (κ3) is 6.58. The monoisotopic (exact) mass is 480 g/mol. The average molecular weight is 481 g/mol. The van der Waals surface area contributed by atoms with E-state index in [2.05, 4.69) is 31.5 Å². The van der Waals surface area contributed by atoms with Crippen molar-refractivity contribution in [1.82, 2.24) is 9.55 Å². The Bertz CT molecular complexity index is 1010. The molecule has 1 aromatic carbocycles. The topological polar surface area (TPSA) is 123 Å². The predicted molar refractivity (Wildman–Crippen MR) is 118 cm³/mol. The van der Waals surface area contributed by atoms with Gasteiger partial charge in [-0.25, -0.2) is 9.78 Å². The largest absolute Gasteiger partial charge is 0.480 e. The SMILES string of the molecule is CC(C)Nc1ncc(-c2cc(Br)cc(NC(=O)OC(C)(C)C)c2)n(CC(=O)O)c1=O. The first-order valence-corrected chi connectivity index (χ1v) is 10.0. The van der Waals surface area contributed by atoms with Gasteiger partial charge in [0.15, 0.2) is 5.82 Å². The lowest BCUT2D eigenvalue weighted by Gasteiger charge is -2.20. The molecule has 0 radical (unpaired) electrons. The fourth-order valence-electron chi connectivity index (χ4n) is 2.61. The molecule has 1 heterocycles. The molecular weight excluding hydrogens is 456 g/mol. The third-order valence-corrected chi connectivity index (χ3v) is 4.07. The molecule has 2 aromatic rings. The van der Waals surface area contributed by atoms with Gasteiger partial charge in [-0.15, -0.1) is 0 Å². The van der Waals surface area contributed by atoms with Crippen LogP contribution in [0.3, 0.4) is 0 Å². The maximum Gasteiger partial charge on any atom is 0.412 e. The van der Waals surface area contributed by atoms with Crippen molar-refractivity contribution < 1.29 is 19.4 Å². The molecule has 0 aliphatic rings. The summed E-state index contributed by atoms with van der Waals surface area (Å²) in [5.41, 5.74) is -0.00969. The normalized spacial score (nSPS) is 11.3. The van der Waals surface area contributed by atoms with Crippen LogP contribution in [0.4, 0.5) is 16.3 Å². The minimum atomic E-state index is -1.16. The molecule has 0 saturated carbocycles. The Balaban J connectivity index is 2.51. The molecule has 0 aliphatic heterocycles. The van der Waals surface area contributed by atoms with Gasteiger partial charge in [0.1, 0.15) is 12.1 Å². The number of nitrogens with zero attached hydrogens (tertiary/aromatic N) is 2. The van der Waals surface area contributed by atoms with E-state index in [0.717, 1.165) is 4.57 Å². The van der Waals surface area contributed by atoms with Gasteiger partial charge < -0.3 is 15.2 Å². The van der Waals surface area contributed by atoms with Crippen LogP contribution in [-0.2, 0) is 16.1 Å². The van der Waals surface area contributed by atoms with E-state index < -0.39 is 29.8 Å². The summed E-state index contributed by atoms with van der Waals surface area (Å²) in [6.45, 7) is 8.41. The van der Waals surface area contributed by atoms with Gasteiger partial charge in [0.05, 0.1) is 11.9 Å². The highest BCUT2D eigenvalue weighted by atomic mass is 79.9. The minimum Gasteiger partial charge on any atom is -0.480 e. The number of carboxylic acid groups (broad SMARTS) is 1. The van der Waals surface area contributed by atoms with E-state index in [9.17, 15) is 19.5 Å². The van der Waals surface area contributed by atoms with Gasteiger partial charge in [-0.05, 0) is 52.8 Å². The highest BCUT2D eigenvalue weighted by Crippen LogP contribution is 2.27. The van der Waals surface area contributed by atoms with E-state index >= 15 is 0 Å². The van der Waals surface area contributed by atoms with Crippen molar-refractivity contribution in [3.63, 3.8) is 0 Å². The van der Waals surface area contributed by atoms with Gasteiger partial charge in [0, 0.05) is 21.8 Å². The summed E-state index contributed by atoms with van der Waals surface area (Å²) < 4.78 is 7.00. The smallest absolute Gasteiger partial charge is 0.412 e. The number of hydrogen-bond acceptors (Lipinski definition) is 6. The Kier molecular flexibility index (Phi) is 7.25. The van der Waals surface area contributed by atoms with E-state index in [0.29, 0.717) is 21.4 Å². The van der Waals surface area contributed by atoms with Crippen molar-refractivity contribution in [2.24, 2.45) is 0 Å². The summed E-state index contributed by atoms with van der Waals surface area (Å²) in [6, 6.07) is 4.92. The molecule has 10 heteroatoms. The van der Waals surface area contributed by atoms with E-state index in [1.54, 1.807) is 39.0 Å². The Morgan fingerprint density at radius 3 is 2.50 bits per heavy atom. The maximum absolute atomic E-state index is 12.8. The minimum absolute atomic E-state index is 0.0511. The molecule has 0 fully saturated rings. The van der Waals surface area contributed by atoms with Gasteiger partial charge >= 0.3 is 12.1 Å². The van der Waals surface area contributed by atoms with Crippen LogP contribution < -0.4 is 16.2 Å². The summed E-state index contributed by atoms with van der Waals surface area (Å²) in [7, 11) is 0. The number of aromatic nitrogens is 2. The van der Waals surface area contributed by atoms with Crippen molar-refractivity contribution in [2.45, 2.75) is 52.8 Å². The summed E-state index contributed by atoms with van der Waals surface area (Å²) in [5, 5.41) is 14.8. The van der Waals surface area contributed by atoms with Crippen molar-refractivity contribution in [3.05, 3.63) is 39.2 Å². The van der Waals surface area contributed by atoms with E-state index in [-0.39, 0.29) is 11.9 Å². The number of halogens is 1. The summed E-state index contributed by atoms with van der Waals surface area (Å²) in [5.74, 6) is -1.10. The number of rotatable bonds is 6. The molecule has 30 heavy (non-hydrogen) atoms. The second kappa shape index (κ2) is 9.29. The van der Waals surface area contributed by atoms with Gasteiger partial charge in [-0.3, -0.25) is 19.5 Å². The first-order valence-electron chi connectivity index (χ1n) is 9.25. The van der Waals surface area contributed by atoms with Gasteiger partial charge in [-0.1, -0.05) is 15.9 Å². The summed E-state index contributed by atoms with van der Waals surface area (Å²) in [4.78, 5) is 40.4. The Morgan fingerprint density at radius 1 is 1.27 bits per heavy atom. The van der Waals surface area contributed by atoms with Crippen LogP contribution in [0.25, 0.3) is 11.3 Å². The van der Waals surface area contributed by atoms with Crippen molar-refractivity contribution in [2.75, 3.05) is 10.6 Å². The zero-order valence-corrected chi connectivity index (χ0v) is 19.0. The number of carbonyl (C=O) groups is 2. The zero-order valence-electron chi connectivity index (χ0n) is 17.4. The first kappa shape index (κ1) is 23.4. The Hall–Kier alpha value is -2.88. The van der Waals surface area contributed by atoms with Crippen molar-refractivity contribution >= 4 is 39.5 Å². The van der Waals surface area contributed by atoms with Gasteiger partial charge in [0.25, 0.3) is 5.56 Å². The molecule has 0 unspecified atom stereocenters. The molecule has 162 valence electrons. The lowest BCUT2D eigenvalue weighted by Crippen LogP contribution is -2.30. The number of nitrogens with one attached hydrogen (secondary N) is 2. The van der Waals surface area contributed by atoms with Crippen LogP contribution in [0, 0.1) is 0 Å². The molecular formula is C20H25BrN4O5. The van der Waals surface area contributed by atoms with Crippen LogP contribution in [0.15, 0.2) is 33.7 Å². The molecule has 1 aromatic heterocycles. The number of anilines is 2. The van der Waals surface area contributed by atoms with Gasteiger partial charge in [0.2, 0.25) is 0 Å². The average Bonchev–Trinajstić information content (AvgIpc) is 2.55. The van der Waals surface area contributed by atoms with Gasteiger partial charge in [-0.2, -0.15) is 0 Å². The molecule has 3 N–H and O–H groups in total. The maximum atomic E-state index is 12.8. The number of benzene rings is 1. The number of carbonyl (C=O) groups excluding carboxylic acids is 1. The Labute approximate surface area is 182 Å². The molecule has 2 rings (SSSR count). The first-order chi connectivity index (χ1) is 13.9. The fraction of sp³-hybridized carbons (Fsp3) is 0.400.